The fourth-order valence-corrected chi connectivity index (χ4v) is 1.86. The minimum absolute atomic E-state index is 0. The zero-order valence-electron chi connectivity index (χ0n) is 14.8. The Balaban J connectivity index is 0.00000529. The van der Waals surface area contributed by atoms with Gasteiger partial charge in [0.25, 0.3) is 0 Å². The van der Waals surface area contributed by atoms with Crippen LogP contribution in [0.15, 0.2) is 29.3 Å². The molecule has 0 aliphatic rings. The third-order valence-corrected chi connectivity index (χ3v) is 2.97. The number of nitrogens with zero attached hydrogens (tertiary/aromatic N) is 1. The average molecular weight is 451 g/mol. The number of methoxy groups -OCH3 is 1. The SMILES string of the molecule is CCNC(=NCCCOc1cccc(OC)c1)NCCOCC.I. The standard InChI is InChI=1S/C17H29N3O3.HI/c1-4-18-17(20-11-13-22-5-2)19-10-7-12-23-16-9-6-8-15(14-16)21-3;/h6,8-9,14H,4-5,7,10-13H2,1-3H3,(H2,18,19,20);1H. The van der Waals surface area contributed by atoms with E-state index in [2.05, 4.69) is 15.6 Å². The molecule has 0 unspecified atom stereocenters. The summed E-state index contributed by atoms with van der Waals surface area (Å²) in [5.41, 5.74) is 0. The van der Waals surface area contributed by atoms with Crippen molar-refractivity contribution in [2.75, 3.05) is 46.6 Å². The second-order valence-electron chi connectivity index (χ2n) is 4.77. The van der Waals surface area contributed by atoms with Crippen molar-refractivity contribution in [1.82, 2.24) is 10.6 Å². The smallest absolute Gasteiger partial charge is 0.191 e. The second-order valence-corrected chi connectivity index (χ2v) is 4.77. The van der Waals surface area contributed by atoms with Gasteiger partial charge < -0.3 is 24.8 Å². The van der Waals surface area contributed by atoms with E-state index in [4.69, 9.17) is 14.2 Å². The minimum Gasteiger partial charge on any atom is -0.497 e. The van der Waals surface area contributed by atoms with Crippen LogP contribution in [-0.4, -0.2) is 52.5 Å². The molecule has 1 aromatic carbocycles. The first kappa shape index (κ1) is 22.8. The summed E-state index contributed by atoms with van der Waals surface area (Å²) in [5, 5.41) is 6.44. The Bertz CT molecular complexity index is 458. The Morgan fingerprint density at radius 3 is 2.62 bits per heavy atom. The molecule has 0 saturated heterocycles. The number of nitrogens with one attached hydrogen (secondary N) is 2. The Hall–Kier alpha value is -1.22. The minimum atomic E-state index is 0. The van der Waals surface area contributed by atoms with Crippen molar-refractivity contribution in [2.24, 2.45) is 4.99 Å². The number of guanidine groups is 1. The van der Waals surface area contributed by atoms with Gasteiger partial charge in [0.05, 0.1) is 20.3 Å². The molecule has 0 radical (unpaired) electrons. The summed E-state index contributed by atoms with van der Waals surface area (Å²) >= 11 is 0. The van der Waals surface area contributed by atoms with Gasteiger partial charge in [0.2, 0.25) is 0 Å². The van der Waals surface area contributed by atoms with E-state index in [1.165, 1.54) is 0 Å². The summed E-state index contributed by atoms with van der Waals surface area (Å²) in [4.78, 5) is 4.51. The highest BCUT2D eigenvalue weighted by atomic mass is 127. The quantitative estimate of drug-likeness (QED) is 0.235. The molecular formula is C17H30IN3O3. The van der Waals surface area contributed by atoms with Crippen LogP contribution in [0.25, 0.3) is 0 Å². The van der Waals surface area contributed by atoms with Crippen molar-refractivity contribution in [1.29, 1.82) is 0 Å². The Morgan fingerprint density at radius 1 is 1.12 bits per heavy atom. The van der Waals surface area contributed by atoms with Gasteiger partial charge in [0.15, 0.2) is 5.96 Å². The van der Waals surface area contributed by atoms with Crippen molar-refractivity contribution in [3.63, 3.8) is 0 Å². The van der Waals surface area contributed by atoms with E-state index in [0.29, 0.717) is 19.8 Å². The van der Waals surface area contributed by atoms with Gasteiger partial charge in [-0.1, -0.05) is 6.07 Å². The van der Waals surface area contributed by atoms with Crippen LogP contribution < -0.4 is 20.1 Å². The molecule has 1 aromatic rings. The van der Waals surface area contributed by atoms with Crippen LogP contribution in [0.4, 0.5) is 0 Å². The third kappa shape index (κ3) is 10.5. The highest BCUT2D eigenvalue weighted by Crippen LogP contribution is 2.18. The van der Waals surface area contributed by atoms with Gasteiger partial charge >= 0.3 is 0 Å². The van der Waals surface area contributed by atoms with Crippen LogP contribution in [-0.2, 0) is 4.74 Å². The molecule has 6 nitrogen and oxygen atoms in total. The first-order chi connectivity index (χ1) is 11.3. The molecule has 0 aliphatic heterocycles. The number of aliphatic imine (C=N–C) groups is 1. The van der Waals surface area contributed by atoms with Crippen LogP contribution in [0.1, 0.15) is 20.3 Å². The number of rotatable bonds is 11. The number of hydrogen-bond acceptors (Lipinski definition) is 4. The predicted molar refractivity (Wildman–Crippen MR) is 109 cm³/mol. The van der Waals surface area contributed by atoms with E-state index >= 15 is 0 Å². The summed E-state index contributed by atoms with van der Waals surface area (Å²) in [6.07, 6.45) is 0.846. The van der Waals surface area contributed by atoms with Crippen molar-refractivity contribution < 1.29 is 14.2 Å². The number of hydrogen-bond donors (Lipinski definition) is 2. The van der Waals surface area contributed by atoms with Gasteiger partial charge in [0, 0.05) is 38.7 Å². The lowest BCUT2D eigenvalue weighted by Crippen LogP contribution is -2.39. The summed E-state index contributed by atoms with van der Waals surface area (Å²) in [6, 6.07) is 7.61. The summed E-state index contributed by atoms with van der Waals surface area (Å²) in [6.45, 7) is 8.35. The molecule has 0 aromatic heterocycles. The van der Waals surface area contributed by atoms with E-state index in [9.17, 15) is 0 Å². The second kappa shape index (κ2) is 15.3. The molecule has 0 bridgehead atoms. The van der Waals surface area contributed by atoms with Crippen molar-refractivity contribution in [3.05, 3.63) is 24.3 Å². The van der Waals surface area contributed by atoms with Crippen LogP contribution in [0.5, 0.6) is 11.5 Å². The van der Waals surface area contributed by atoms with Crippen LogP contribution >= 0.6 is 24.0 Å². The molecule has 0 fully saturated rings. The molecule has 2 N–H and O–H groups in total. The maximum atomic E-state index is 5.69. The molecule has 0 saturated carbocycles. The average Bonchev–Trinajstić information content (AvgIpc) is 2.58. The molecule has 24 heavy (non-hydrogen) atoms. The fourth-order valence-electron chi connectivity index (χ4n) is 1.86. The predicted octanol–water partition coefficient (Wildman–Crippen LogP) is 2.67. The van der Waals surface area contributed by atoms with E-state index in [-0.39, 0.29) is 24.0 Å². The van der Waals surface area contributed by atoms with Gasteiger partial charge in [-0.15, -0.1) is 24.0 Å². The van der Waals surface area contributed by atoms with Gasteiger partial charge in [0.1, 0.15) is 11.5 Å². The molecule has 138 valence electrons. The first-order valence-electron chi connectivity index (χ1n) is 8.17. The zero-order chi connectivity index (χ0) is 16.8. The molecule has 0 heterocycles. The molecule has 7 heteroatoms. The molecule has 1 rings (SSSR count). The lowest BCUT2D eigenvalue weighted by molar-refractivity contribution is 0.152. The highest BCUT2D eigenvalue weighted by Gasteiger charge is 1.98. The Kier molecular flexibility index (Phi) is 14.5. The van der Waals surface area contributed by atoms with E-state index in [1.54, 1.807) is 7.11 Å². The van der Waals surface area contributed by atoms with Crippen LogP contribution in [0.2, 0.25) is 0 Å². The summed E-state index contributed by atoms with van der Waals surface area (Å²) < 4.78 is 16.2. The third-order valence-electron chi connectivity index (χ3n) is 2.97. The number of ether oxygens (including phenoxy) is 3. The van der Waals surface area contributed by atoms with Crippen LogP contribution in [0, 0.1) is 0 Å². The number of halogens is 1. The van der Waals surface area contributed by atoms with Gasteiger partial charge in [-0.25, -0.2) is 0 Å². The monoisotopic (exact) mass is 451 g/mol. The zero-order valence-corrected chi connectivity index (χ0v) is 17.2. The highest BCUT2D eigenvalue weighted by molar-refractivity contribution is 14.0. The fraction of sp³-hybridized carbons (Fsp3) is 0.588. The molecular weight excluding hydrogens is 421 g/mol. The van der Waals surface area contributed by atoms with Crippen molar-refractivity contribution >= 4 is 29.9 Å². The van der Waals surface area contributed by atoms with E-state index in [0.717, 1.165) is 43.6 Å². The summed E-state index contributed by atoms with van der Waals surface area (Å²) in [7, 11) is 1.65. The molecule has 0 amide bonds. The van der Waals surface area contributed by atoms with Crippen molar-refractivity contribution in [3.8, 4) is 11.5 Å². The van der Waals surface area contributed by atoms with Gasteiger partial charge in [-0.05, 0) is 26.0 Å². The van der Waals surface area contributed by atoms with E-state index < -0.39 is 0 Å². The Morgan fingerprint density at radius 2 is 1.92 bits per heavy atom. The maximum absolute atomic E-state index is 5.69. The maximum Gasteiger partial charge on any atom is 0.191 e. The van der Waals surface area contributed by atoms with Gasteiger partial charge in [-0.3, -0.25) is 4.99 Å². The van der Waals surface area contributed by atoms with E-state index in [1.807, 2.05) is 38.1 Å². The van der Waals surface area contributed by atoms with Crippen molar-refractivity contribution in [2.45, 2.75) is 20.3 Å². The summed E-state index contributed by atoms with van der Waals surface area (Å²) in [5.74, 6) is 2.43. The lowest BCUT2D eigenvalue weighted by Gasteiger charge is -2.11. The molecule has 0 aliphatic carbocycles. The lowest BCUT2D eigenvalue weighted by atomic mass is 10.3. The largest absolute Gasteiger partial charge is 0.497 e. The Labute approximate surface area is 162 Å². The topological polar surface area (TPSA) is 64.1 Å². The number of benzene rings is 1. The normalized spacial score (nSPS) is 10.7. The molecule has 0 spiro atoms. The first-order valence-corrected chi connectivity index (χ1v) is 8.17. The van der Waals surface area contributed by atoms with Gasteiger partial charge in [-0.2, -0.15) is 0 Å². The molecule has 0 atom stereocenters. The van der Waals surface area contributed by atoms with Crippen LogP contribution in [0.3, 0.4) is 0 Å².